The lowest BCUT2D eigenvalue weighted by molar-refractivity contribution is 0.308. The van der Waals surface area contributed by atoms with Crippen LogP contribution in [0.1, 0.15) is 16.8 Å². The molecule has 0 radical (unpaired) electrons. The van der Waals surface area contributed by atoms with Crippen molar-refractivity contribution in [1.82, 2.24) is 9.78 Å². The molecular weight excluding hydrogens is 290 g/mol. The first-order chi connectivity index (χ1) is 9.79. The molecule has 0 amide bonds. The van der Waals surface area contributed by atoms with Crippen molar-refractivity contribution in [3.63, 3.8) is 0 Å². The summed E-state index contributed by atoms with van der Waals surface area (Å²) in [6.45, 7) is 3.98. The van der Waals surface area contributed by atoms with Crippen molar-refractivity contribution in [2.75, 3.05) is 6.61 Å². The maximum absolute atomic E-state index is 11.7. The standard InChI is InChI=1S/C14H19N3O3S/c1-10-8-11(2)14(13(9-10)21(15,18)19)20-7-5-12-4-6-16-17(12)3/h4,6,8-9H,5,7H2,1-3H3,(H2,15,18,19). The lowest BCUT2D eigenvalue weighted by Gasteiger charge is -2.14. The highest BCUT2D eigenvalue weighted by molar-refractivity contribution is 7.89. The zero-order valence-electron chi connectivity index (χ0n) is 12.3. The van der Waals surface area contributed by atoms with Gasteiger partial charge in [0.2, 0.25) is 10.0 Å². The molecule has 0 unspecified atom stereocenters. The van der Waals surface area contributed by atoms with E-state index in [1.54, 1.807) is 17.8 Å². The minimum Gasteiger partial charge on any atom is -0.491 e. The number of hydrogen-bond acceptors (Lipinski definition) is 4. The second-order valence-electron chi connectivity index (χ2n) is 5.00. The van der Waals surface area contributed by atoms with Crippen LogP contribution in [0.25, 0.3) is 0 Å². The Morgan fingerprint density at radius 2 is 2.05 bits per heavy atom. The van der Waals surface area contributed by atoms with Crippen molar-refractivity contribution in [3.05, 3.63) is 41.2 Å². The highest BCUT2D eigenvalue weighted by atomic mass is 32.2. The van der Waals surface area contributed by atoms with Gasteiger partial charge in [0.1, 0.15) is 10.6 Å². The average molecular weight is 309 g/mol. The van der Waals surface area contributed by atoms with Crippen LogP contribution in [0.2, 0.25) is 0 Å². The molecule has 0 saturated heterocycles. The minimum atomic E-state index is -3.81. The number of ether oxygens (including phenoxy) is 1. The molecule has 0 aliphatic carbocycles. The normalized spacial score (nSPS) is 11.6. The predicted octanol–water partition coefficient (Wildman–Crippen LogP) is 1.31. The number of nitrogens with zero attached hydrogens (tertiary/aromatic N) is 2. The first kappa shape index (κ1) is 15.5. The molecule has 21 heavy (non-hydrogen) atoms. The van der Waals surface area contributed by atoms with Crippen LogP contribution < -0.4 is 9.88 Å². The molecule has 1 heterocycles. The van der Waals surface area contributed by atoms with Gasteiger partial charge in [0.25, 0.3) is 0 Å². The molecule has 0 spiro atoms. The first-order valence-corrected chi connectivity index (χ1v) is 8.07. The van der Waals surface area contributed by atoms with Gasteiger partial charge in [-0.15, -0.1) is 0 Å². The third-order valence-corrected chi connectivity index (χ3v) is 4.13. The third kappa shape index (κ3) is 3.62. The summed E-state index contributed by atoms with van der Waals surface area (Å²) in [5.74, 6) is 0.324. The number of hydrogen-bond donors (Lipinski definition) is 1. The molecule has 0 saturated carbocycles. The molecule has 0 fully saturated rings. The Morgan fingerprint density at radius 3 is 2.62 bits per heavy atom. The number of rotatable bonds is 5. The summed E-state index contributed by atoms with van der Waals surface area (Å²) in [7, 11) is -1.96. The fourth-order valence-corrected chi connectivity index (χ4v) is 3.04. The SMILES string of the molecule is Cc1cc(C)c(OCCc2ccnn2C)c(S(N)(=O)=O)c1. The fraction of sp³-hybridized carbons (Fsp3) is 0.357. The molecule has 114 valence electrons. The van der Waals surface area contributed by atoms with Crippen LogP contribution in [-0.2, 0) is 23.5 Å². The van der Waals surface area contributed by atoms with E-state index in [1.807, 2.05) is 26.1 Å². The largest absolute Gasteiger partial charge is 0.491 e. The summed E-state index contributed by atoms with van der Waals surface area (Å²) in [6, 6.07) is 5.29. The Kier molecular flexibility index (Phi) is 4.34. The van der Waals surface area contributed by atoms with E-state index in [9.17, 15) is 8.42 Å². The van der Waals surface area contributed by atoms with Gasteiger partial charge in [0, 0.05) is 25.4 Å². The second kappa shape index (κ2) is 5.87. The van der Waals surface area contributed by atoms with Gasteiger partial charge in [-0.05, 0) is 37.1 Å². The summed E-state index contributed by atoms with van der Waals surface area (Å²) in [6.07, 6.45) is 2.34. The summed E-state index contributed by atoms with van der Waals surface area (Å²) in [5.41, 5.74) is 2.59. The van der Waals surface area contributed by atoms with Crippen molar-refractivity contribution < 1.29 is 13.2 Å². The average Bonchev–Trinajstić information content (AvgIpc) is 2.76. The van der Waals surface area contributed by atoms with Crippen LogP contribution in [0.4, 0.5) is 0 Å². The van der Waals surface area contributed by atoms with Gasteiger partial charge in [-0.25, -0.2) is 13.6 Å². The topological polar surface area (TPSA) is 87.2 Å². The van der Waals surface area contributed by atoms with Crippen molar-refractivity contribution in [2.45, 2.75) is 25.2 Å². The smallest absolute Gasteiger partial charge is 0.241 e. The molecule has 1 aromatic heterocycles. The number of aromatic nitrogens is 2. The van der Waals surface area contributed by atoms with E-state index in [2.05, 4.69) is 5.10 Å². The lowest BCUT2D eigenvalue weighted by atomic mass is 10.1. The Balaban J connectivity index is 2.22. The maximum Gasteiger partial charge on any atom is 0.241 e. The van der Waals surface area contributed by atoms with Crippen LogP contribution in [0.15, 0.2) is 29.3 Å². The van der Waals surface area contributed by atoms with Crippen LogP contribution in [0.3, 0.4) is 0 Å². The summed E-state index contributed by atoms with van der Waals surface area (Å²) in [4.78, 5) is 0.0324. The van der Waals surface area contributed by atoms with Crippen molar-refractivity contribution in [2.24, 2.45) is 12.2 Å². The maximum atomic E-state index is 11.7. The van der Waals surface area contributed by atoms with E-state index in [0.717, 1.165) is 16.8 Å². The second-order valence-corrected chi connectivity index (χ2v) is 6.53. The zero-order valence-corrected chi connectivity index (χ0v) is 13.1. The molecule has 0 aliphatic rings. The van der Waals surface area contributed by atoms with Crippen LogP contribution in [0, 0.1) is 13.8 Å². The van der Waals surface area contributed by atoms with E-state index in [0.29, 0.717) is 18.8 Å². The lowest BCUT2D eigenvalue weighted by Crippen LogP contribution is -2.16. The zero-order chi connectivity index (χ0) is 15.6. The Morgan fingerprint density at radius 1 is 1.33 bits per heavy atom. The van der Waals surface area contributed by atoms with Gasteiger partial charge in [0.15, 0.2) is 0 Å². The molecule has 2 rings (SSSR count). The highest BCUT2D eigenvalue weighted by Crippen LogP contribution is 2.28. The van der Waals surface area contributed by atoms with Gasteiger partial charge in [-0.3, -0.25) is 4.68 Å². The van der Waals surface area contributed by atoms with Gasteiger partial charge in [0.05, 0.1) is 6.61 Å². The summed E-state index contributed by atoms with van der Waals surface area (Å²) < 4.78 is 30.8. The summed E-state index contributed by atoms with van der Waals surface area (Å²) >= 11 is 0. The number of primary sulfonamides is 1. The molecule has 1 aromatic carbocycles. The Bertz CT molecular complexity index is 751. The van der Waals surface area contributed by atoms with Gasteiger partial charge >= 0.3 is 0 Å². The van der Waals surface area contributed by atoms with Crippen molar-refractivity contribution in [1.29, 1.82) is 0 Å². The van der Waals surface area contributed by atoms with Crippen LogP contribution >= 0.6 is 0 Å². The number of benzene rings is 1. The van der Waals surface area contributed by atoms with Crippen molar-refractivity contribution in [3.8, 4) is 5.75 Å². The fourth-order valence-electron chi connectivity index (χ4n) is 2.22. The van der Waals surface area contributed by atoms with Crippen molar-refractivity contribution >= 4 is 10.0 Å². The first-order valence-electron chi connectivity index (χ1n) is 6.53. The Hall–Kier alpha value is -1.86. The van der Waals surface area contributed by atoms with E-state index in [4.69, 9.17) is 9.88 Å². The molecule has 2 aromatic rings. The van der Waals surface area contributed by atoms with Gasteiger partial charge in [-0.1, -0.05) is 6.07 Å². The number of sulfonamides is 1. The van der Waals surface area contributed by atoms with Crippen LogP contribution in [0.5, 0.6) is 5.75 Å². The van der Waals surface area contributed by atoms with Gasteiger partial charge in [-0.2, -0.15) is 5.10 Å². The van der Waals surface area contributed by atoms with E-state index in [1.165, 1.54) is 6.07 Å². The molecule has 0 atom stereocenters. The van der Waals surface area contributed by atoms with E-state index < -0.39 is 10.0 Å². The molecule has 0 aliphatic heterocycles. The molecular formula is C14H19N3O3S. The van der Waals surface area contributed by atoms with Crippen LogP contribution in [-0.4, -0.2) is 24.8 Å². The molecule has 2 N–H and O–H groups in total. The predicted molar refractivity (Wildman–Crippen MR) is 79.7 cm³/mol. The Labute approximate surface area is 124 Å². The molecule has 7 heteroatoms. The summed E-state index contributed by atoms with van der Waals surface area (Å²) in [5, 5.41) is 9.34. The minimum absolute atomic E-state index is 0.0324. The number of nitrogens with two attached hydrogens (primary N) is 1. The van der Waals surface area contributed by atoms with E-state index in [-0.39, 0.29) is 4.90 Å². The third-order valence-electron chi connectivity index (χ3n) is 3.22. The molecule has 0 bridgehead atoms. The molecule has 6 nitrogen and oxygen atoms in total. The highest BCUT2D eigenvalue weighted by Gasteiger charge is 2.18. The number of aryl methyl sites for hydroxylation is 3. The quantitative estimate of drug-likeness (QED) is 0.902. The van der Waals surface area contributed by atoms with Gasteiger partial charge < -0.3 is 4.74 Å². The monoisotopic (exact) mass is 309 g/mol. The van der Waals surface area contributed by atoms with E-state index >= 15 is 0 Å².